The van der Waals surface area contributed by atoms with Crippen LogP contribution in [0.5, 0.6) is 0 Å². The lowest BCUT2D eigenvalue weighted by Crippen LogP contribution is -2.46. The van der Waals surface area contributed by atoms with E-state index in [1.165, 1.54) is 5.56 Å². The Kier molecular flexibility index (Phi) is 4.43. The molecular formula is C15H22N2O2. The van der Waals surface area contributed by atoms with Crippen LogP contribution in [0.1, 0.15) is 25.8 Å². The molecule has 0 saturated carbocycles. The quantitative estimate of drug-likeness (QED) is 0.848. The Morgan fingerprint density at radius 1 is 1.47 bits per heavy atom. The summed E-state index contributed by atoms with van der Waals surface area (Å²) < 4.78 is 0. The van der Waals surface area contributed by atoms with Gasteiger partial charge in [0.15, 0.2) is 0 Å². The first-order chi connectivity index (χ1) is 9.13. The third kappa shape index (κ3) is 3.07. The summed E-state index contributed by atoms with van der Waals surface area (Å²) in [6.45, 7) is 4.76. The van der Waals surface area contributed by atoms with Crippen LogP contribution in [0, 0.1) is 0 Å². The first-order valence-electron chi connectivity index (χ1n) is 6.89. The molecule has 4 nitrogen and oxygen atoms in total. The van der Waals surface area contributed by atoms with E-state index in [9.17, 15) is 4.79 Å². The summed E-state index contributed by atoms with van der Waals surface area (Å²) in [4.78, 5) is 14.4. The molecule has 104 valence electrons. The Morgan fingerprint density at radius 3 is 2.84 bits per heavy atom. The smallest absolute Gasteiger partial charge is 0.245 e. The predicted molar refractivity (Wildman–Crippen MR) is 76.1 cm³/mol. The monoisotopic (exact) mass is 262 g/mol. The van der Waals surface area contributed by atoms with Gasteiger partial charge < -0.3 is 15.3 Å². The van der Waals surface area contributed by atoms with Crippen molar-refractivity contribution in [3.63, 3.8) is 0 Å². The molecule has 0 spiro atoms. The number of hydrogen-bond acceptors (Lipinski definition) is 3. The summed E-state index contributed by atoms with van der Waals surface area (Å²) in [6, 6.07) is 8.03. The van der Waals surface area contributed by atoms with Crippen molar-refractivity contribution in [2.45, 2.75) is 38.8 Å². The van der Waals surface area contributed by atoms with Gasteiger partial charge in [0.1, 0.15) is 6.04 Å². The number of amides is 1. The summed E-state index contributed by atoms with van der Waals surface area (Å²) in [5.41, 5.74) is 2.26. The number of nitrogens with zero attached hydrogens (tertiary/aromatic N) is 1. The topological polar surface area (TPSA) is 52.6 Å². The summed E-state index contributed by atoms with van der Waals surface area (Å²) >= 11 is 0. The number of aliphatic hydroxyl groups excluding tert-OH is 1. The molecule has 1 aliphatic heterocycles. The summed E-state index contributed by atoms with van der Waals surface area (Å²) in [5, 5.41) is 12.2. The highest BCUT2D eigenvalue weighted by Gasteiger charge is 2.30. The molecule has 1 aromatic carbocycles. The molecule has 1 aliphatic rings. The first-order valence-corrected chi connectivity index (χ1v) is 6.89. The van der Waals surface area contributed by atoms with Crippen molar-refractivity contribution < 1.29 is 9.90 Å². The van der Waals surface area contributed by atoms with Crippen molar-refractivity contribution in [1.82, 2.24) is 4.90 Å². The zero-order chi connectivity index (χ0) is 13.8. The Balaban J connectivity index is 2.04. The highest BCUT2D eigenvalue weighted by molar-refractivity contribution is 5.87. The minimum atomic E-state index is -0.168. The first kappa shape index (κ1) is 13.9. The second kappa shape index (κ2) is 6.06. The number of nitrogens with one attached hydrogen (secondary N) is 1. The van der Waals surface area contributed by atoms with Gasteiger partial charge in [-0.3, -0.25) is 4.79 Å². The number of carbonyl (C=O) groups is 1. The fourth-order valence-electron chi connectivity index (χ4n) is 2.51. The largest absolute Gasteiger partial charge is 0.396 e. The molecule has 0 saturated heterocycles. The molecule has 1 aromatic rings. The van der Waals surface area contributed by atoms with Crippen molar-refractivity contribution >= 4 is 11.6 Å². The predicted octanol–water partition coefficient (Wildman–Crippen LogP) is 1.64. The third-order valence-corrected chi connectivity index (χ3v) is 3.53. The Bertz CT molecular complexity index is 421. The molecule has 1 atom stereocenters. The van der Waals surface area contributed by atoms with Gasteiger partial charge in [-0.25, -0.2) is 0 Å². The summed E-state index contributed by atoms with van der Waals surface area (Å²) in [5.74, 6) is 0.125. The van der Waals surface area contributed by atoms with Crippen molar-refractivity contribution in [3.8, 4) is 0 Å². The highest BCUT2D eigenvalue weighted by Crippen LogP contribution is 2.26. The zero-order valence-corrected chi connectivity index (χ0v) is 11.6. The molecule has 2 rings (SSSR count). The maximum absolute atomic E-state index is 12.5. The van der Waals surface area contributed by atoms with E-state index >= 15 is 0 Å². The normalized spacial score (nSPS) is 17.2. The average Bonchev–Trinajstić information content (AvgIpc) is 2.82. The van der Waals surface area contributed by atoms with E-state index in [1.54, 1.807) is 0 Å². The fraction of sp³-hybridized carbons (Fsp3) is 0.533. The standard InChI is InChI=1S/C15H22N2O2/c1-11(2)17(8-5-9-18)15(19)14-10-12-6-3-4-7-13(12)16-14/h3-4,6-7,11,14,16,18H,5,8-10H2,1-2H3. The van der Waals surface area contributed by atoms with Crippen molar-refractivity contribution in [2.24, 2.45) is 0 Å². The SMILES string of the molecule is CC(C)N(CCCO)C(=O)C1Cc2ccccc2N1. The van der Waals surface area contributed by atoms with Gasteiger partial charge in [0.05, 0.1) is 0 Å². The van der Waals surface area contributed by atoms with Crippen molar-refractivity contribution in [1.29, 1.82) is 0 Å². The van der Waals surface area contributed by atoms with E-state index in [0.29, 0.717) is 13.0 Å². The Morgan fingerprint density at radius 2 is 2.21 bits per heavy atom. The van der Waals surface area contributed by atoms with Crippen LogP contribution in [0.4, 0.5) is 5.69 Å². The number of rotatable bonds is 5. The molecule has 4 heteroatoms. The molecule has 1 unspecified atom stereocenters. The van der Waals surface area contributed by atoms with Crippen LogP contribution < -0.4 is 5.32 Å². The molecule has 1 heterocycles. The molecule has 1 amide bonds. The van der Waals surface area contributed by atoms with Gasteiger partial charge in [0, 0.05) is 31.3 Å². The van der Waals surface area contributed by atoms with Gasteiger partial charge in [-0.1, -0.05) is 18.2 Å². The number of hydrogen-bond donors (Lipinski definition) is 2. The van der Waals surface area contributed by atoms with E-state index in [4.69, 9.17) is 5.11 Å². The number of benzene rings is 1. The number of para-hydroxylation sites is 1. The lowest BCUT2D eigenvalue weighted by Gasteiger charge is -2.29. The van der Waals surface area contributed by atoms with Gasteiger partial charge >= 0.3 is 0 Å². The molecule has 19 heavy (non-hydrogen) atoms. The lowest BCUT2D eigenvalue weighted by atomic mass is 10.1. The minimum absolute atomic E-state index is 0.120. The number of carbonyl (C=O) groups excluding carboxylic acids is 1. The van der Waals surface area contributed by atoms with Crippen LogP contribution in [-0.2, 0) is 11.2 Å². The zero-order valence-electron chi connectivity index (χ0n) is 11.6. The van der Waals surface area contributed by atoms with E-state index in [1.807, 2.05) is 36.9 Å². The van der Waals surface area contributed by atoms with Crippen LogP contribution in [0.25, 0.3) is 0 Å². The van der Waals surface area contributed by atoms with E-state index in [-0.39, 0.29) is 24.6 Å². The van der Waals surface area contributed by atoms with Crippen LogP contribution in [0.3, 0.4) is 0 Å². The fourth-order valence-corrected chi connectivity index (χ4v) is 2.51. The number of fused-ring (bicyclic) bond motifs is 1. The summed E-state index contributed by atoms with van der Waals surface area (Å²) in [6.07, 6.45) is 1.38. The van der Waals surface area contributed by atoms with Gasteiger partial charge in [-0.2, -0.15) is 0 Å². The number of aliphatic hydroxyl groups is 1. The highest BCUT2D eigenvalue weighted by atomic mass is 16.3. The van der Waals surface area contributed by atoms with Crippen molar-refractivity contribution in [3.05, 3.63) is 29.8 Å². The second-order valence-electron chi connectivity index (χ2n) is 5.26. The van der Waals surface area contributed by atoms with Gasteiger partial charge in [-0.05, 0) is 31.9 Å². The molecule has 0 aromatic heterocycles. The molecule has 0 radical (unpaired) electrons. The Labute approximate surface area is 114 Å². The van der Waals surface area contributed by atoms with E-state index in [2.05, 4.69) is 11.4 Å². The van der Waals surface area contributed by atoms with Crippen LogP contribution in [-0.4, -0.2) is 41.1 Å². The average molecular weight is 262 g/mol. The summed E-state index contributed by atoms with van der Waals surface area (Å²) in [7, 11) is 0. The number of anilines is 1. The molecule has 2 N–H and O–H groups in total. The van der Waals surface area contributed by atoms with Crippen LogP contribution >= 0.6 is 0 Å². The van der Waals surface area contributed by atoms with E-state index in [0.717, 1.165) is 12.1 Å². The maximum atomic E-state index is 12.5. The van der Waals surface area contributed by atoms with Crippen LogP contribution in [0.2, 0.25) is 0 Å². The third-order valence-electron chi connectivity index (χ3n) is 3.53. The van der Waals surface area contributed by atoms with Crippen molar-refractivity contribution in [2.75, 3.05) is 18.5 Å². The Hall–Kier alpha value is -1.55. The van der Waals surface area contributed by atoms with E-state index < -0.39 is 0 Å². The van der Waals surface area contributed by atoms with Gasteiger partial charge in [-0.15, -0.1) is 0 Å². The second-order valence-corrected chi connectivity index (χ2v) is 5.26. The molecular weight excluding hydrogens is 240 g/mol. The lowest BCUT2D eigenvalue weighted by molar-refractivity contribution is -0.133. The molecule has 0 bridgehead atoms. The molecule has 0 aliphatic carbocycles. The maximum Gasteiger partial charge on any atom is 0.245 e. The molecule has 0 fully saturated rings. The van der Waals surface area contributed by atoms with Crippen LogP contribution in [0.15, 0.2) is 24.3 Å². The van der Waals surface area contributed by atoms with Gasteiger partial charge in [0.25, 0.3) is 0 Å². The minimum Gasteiger partial charge on any atom is -0.396 e. The van der Waals surface area contributed by atoms with Gasteiger partial charge in [0.2, 0.25) is 5.91 Å².